The highest BCUT2D eigenvalue weighted by atomic mass is 32.1. The molecule has 0 N–H and O–H groups in total. The normalized spacial score (nSPS) is 16.4. The molecule has 1 saturated heterocycles. The summed E-state index contributed by atoms with van der Waals surface area (Å²) in [5.41, 5.74) is 3.64. The van der Waals surface area contributed by atoms with Gasteiger partial charge in [0.05, 0.1) is 48.3 Å². The van der Waals surface area contributed by atoms with Crippen LogP contribution in [0.3, 0.4) is 0 Å². The number of amides is 1. The molecule has 0 bridgehead atoms. The molecule has 4 heterocycles. The number of esters is 1. The summed E-state index contributed by atoms with van der Waals surface area (Å²) in [7, 11) is 0. The second kappa shape index (κ2) is 14.1. The number of carbonyl (C=O) groups is 2. The molecule has 2 aliphatic heterocycles. The lowest BCUT2D eigenvalue weighted by molar-refractivity contribution is -0.139. The summed E-state index contributed by atoms with van der Waals surface area (Å²) < 4.78 is 20.7. The molecule has 0 aliphatic carbocycles. The molecule has 49 heavy (non-hydrogen) atoms. The highest BCUT2D eigenvalue weighted by molar-refractivity contribution is 7.07. The van der Waals surface area contributed by atoms with Crippen LogP contribution in [0.15, 0.2) is 100 Å². The van der Waals surface area contributed by atoms with Crippen LogP contribution in [-0.2, 0) is 25.6 Å². The molecular weight excluding hydrogens is 641 g/mol. The third kappa shape index (κ3) is 6.34. The van der Waals surface area contributed by atoms with E-state index in [0.29, 0.717) is 53.7 Å². The van der Waals surface area contributed by atoms with Gasteiger partial charge in [0.2, 0.25) is 5.91 Å². The summed E-state index contributed by atoms with van der Waals surface area (Å²) >= 11 is 1.27. The number of hydrogen-bond donors (Lipinski definition) is 0. The fourth-order valence-corrected chi connectivity index (χ4v) is 7.38. The highest BCUT2D eigenvalue weighted by Crippen LogP contribution is 2.36. The molecule has 0 radical (unpaired) electrons. The number of carbonyl (C=O) groups excluding carboxylic acids is 2. The second-order valence-corrected chi connectivity index (χ2v) is 12.7. The molecular formula is C38H36N4O6S. The summed E-state index contributed by atoms with van der Waals surface area (Å²) in [5.74, 6) is 0.170. The Morgan fingerprint density at radius 2 is 1.69 bits per heavy atom. The molecule has 250 valence electrons. The van der Waals surface area contributed by atoms with E-state index < -0.39 is 12.0 Å². The van der Waals surface area contributed by atoms with Crippen molar-refractivity contribution >= 4 is 45.9 Å². The van der Waals surface area contributed by atoms with Crippen molar-refractivity contribution in [2.45, 2.75) is 26.4 Å². The molecule has 0 saturated carbocycles. The maximum atomic E-state index is 14.5. The van der Waals surface area contributed by atoms with Gasteiger partial charge in [-0.05, 0) is 43.7 Å². The topological polar surface area (TPSA) is 104 Å². The highest BCUT2D eigenvalue weighted by Gasteiger charge is 2.35. The first-order valence-corrected chi connectivity index (χ1v) is 17.2. The van der Waals surface area contributed by atoms with Crippen molar-refractivity contribution in [3.8, 4) is 5.75 Å². The quantitative estimate of drug-likeness (QED) is 0.218. The monoisotopic (exact) mass is 676 g/mol. The fourth-order valence-electron chi connectivity index (χ4n) is 6.39. The number of fused-ring (bicyclic) bond motifs is 2. The van der Waals surface area contributed by atoms with Gasteiger partial charge in [0.1, 0.15) is 12.3 Å². The van der Waals surface area contributed by atoms with E-state index in [0.717, 1.165) is 27.6 Å². The predicted octanol–water partition coefficient (Wildman–Crippen LogP) is 4.15. The fraction of sp³-hybridized carbons (Fsp3) is 0.263. The van der Waals surface area contributed by atoms with E-state index >= 15 is 0 Å². The standard InChI is InChI=1S/C38H36N4O6S/c1-3-47-28-16-14-26(15-17-28)35-33(37(45)48-4-2)34(25-10-6-5-7-11-25)39-38-42(35)36(44)31(49-38)22-27-23-41(30-13-9-8-12-29(27)30)24-32(43)40-18-20-46-21-19-40/h5-17,22-23,35H,3-4,18-21,24H2,1-2H3/b31-22-/t35-/m1/s1. The molecule has 7 rings (SSSR count). The van der Waals surface area contributed by atoms with Crippen molar-refractivity contribution in [2.24, 2.45) is 4.99 Å². The Balaban J connectivity index is 1.39. The van der Waals surface area contributed by atoms with Crippen LogP contribution >= 0.6 is 11.3 Å². The maximum Gasteiger partial charge on any atom is 0.338 e. The number of morpholine rings is 1. The minimum atomic E-state index is -0.796. The molecule has 2 aliphatic rings. The average molecular weight is 677 g/mol. The van der Waals surface area contributed by atoms with Gasteiger partial charge < -0.3 is 23.7 Å². The Bertz CT molecular complexity index is 2230. The number of thiazole rings is 1. The summed E-state index contributed by atoms with van der Waals surface area (Å²) in [5, 5.41) is 0.920. The van der Waals surface area contributed by atoms with Crippen LogP contribution in [0.25, 0.3) is 22.7 Å². The summed E-state index contributed by atoms with van der Waals surface area (Å²) in [6.07, 6.45) is 3.78. The Kier molecular flexibility index (Phi) is 9.28. The SMILES string of the molecule is CCOC(=O)C1=C(c2ccccc2)N=c2s/c(=C\c3cn(CC(=O)N4CCOCC4)c4ccccc34)c(=O)n2[C@@H]1c1ccc(OCC)cc1. The molecule has 0 spiro atoms. The van der Waals surface area contributed by atoms with Gasteiger partial charge in [0.25, 0.3) is 5.56 Å². The van der Waals surface area contributed by atoms with Gasteiger partial charge in [-0.2, -0.15) is 0 Å². The zero-order valence-electron chi connectivity index (χ0n) is 27.3. The lowest BCUT2D eigenvalue weighted by Gasteiger charge is -2.27. The zero-order chi connectivity index (χ0) is 33.9. The first-order valence-electron chi connectivity index (χ1n) is 16.4. The number of benzene rings is 3. The molecule has 3 aromatic carbocycles. The predicted molar refractivity (Wildman–Crippen MR) is 188 cm³/mol. The first kappa shape index (κ1) is 32.3. The van der Waals surface area contributed by atoms with Gasteiger partial charge >= 0.3 is 5.97 Å². The molecule has 2 aromatic heterocycles. The van der Waals surface area contributed by atoms with Crippen molar-refractivity contribution in [1.29, 1.82) is 0 Å². The van der Waals surface area contributed by atoms with E-state index in [1.165, 1.54) is 11.3 Å². The van der Waals surface area contributed by atoms with E-state index in [1.54, 1.807) is 11.5 Å². The van der Waals surface area contributed by atoms with E-state index in [9.17, 15) is 14.4 Å². The number of rotatable bonds is 9. The number of para-hydroxylation sites is 1. The minimum absolute atomic E-state index is 0.0188. The van der Waals surface area contributed by atoms with Crippen LogP contribution in [0, 0.1) is 0 Å². The Labute approximate surface area is 286 Å². The first-order chi connectivity index (χ1) is 24.0. The van der Waals surface area contributed by atoms with Gasteiger partial charge in [-0.15, -0.1) is 0 Å². The van der Waals surface area contributed by atoms with Gasteiger partial charge in [-0.25, -0.2) is 9.79 Å². The smallest absolute Gasteiger partial charge is 0.338 e. The lowest BCUT2D eigenvalue weighted by Crippen LogP contribution is -2.42. The van der Waals surface area contributed by atoms with Gasteiger partial charge in [0, 0.05) is 41.3 Å². The van der Waals surface area contributed by atoms with E-state index in [1.807, 2.05) is 108 Å². The van der Waals surface area contributed by atoms with Crippen LogP contribution in [0.2, 0.25) is 0 Å². The van der Waals surface area contributed by atoms with Gasteiger partial charge in [-0.1, -0.05) is 72.0 Å². The van der Waals surface area contributed by atoms with E-state index in [4.69, 9.17) is 19.2 Å². The summed E-state index contributed by atoms with van der Waals surface area (Å²) in [6, 6.07) is 24.0. The Hall–Kier alpha value is -5.26. The number of nitrogens with zero attached hydrogens (tertiary/aromatic N) is 4. The van der Waals surface area contributed by atoms with Crippen LogP contribution in [0.1, 0.15) is 36.6 Å². The van der Waals surface area contributed by atoms with Crippen molar-refractivity contribution in [1.82, 2.24) is 14.0 Å². The maximum absolute atomic E-state index is 14.5. The molecule has 1 fully saturated rings. The van der Waals surface area contributed by atoms with Gasteiger partial charge in [-0.3, -0.25) is 14.2 Å². The third-order valence-electron chi connectivity index (χ3n) is 8.66. The van der Waals surface area contributed by atoms with Crippen molar-refractivity contribution in [3.05, 3.63) is 127 Å². The number of hydrogen-bond acceptors (Lipinski definition) is 8. The van der Waals surface area contributed by atoms with Crippen molar-refractivity contribution < 1.29 is 23.8 Å². The molecule has 11 heteroatoms. The summed E-state index contributed by atoms with van der Waals surface area (Å²) in [6.45, 7) is 6.74. The van der Waals surface area contributed by atoms with Crippen LogP contribution < -0.4 is 19.6 Å². The minimum Gasteiger partial charge on any atom is -0.494 e. The van der Waals surface area contributed by atoms with Crippen LogP contribution in [0.5, 0.6) is 5.75 Å². The molecule has 5 aromatic rings. The molecule has 1 atom stereocenters. The van der Waals surface area contributed by atoms with Gasteiger partial charge in [0.15, 0.2) is 4.80 Å². The largest absolute Gasteiger partial charge is 0.494 e. The zero-order valence-corrected chi connectivity index (χ0v) is 28.2. The summed E-state index contributed by atoms with van der Waals surface area (Å²) in [4.78, 5) is 48.7. The van der Waals surface area contributed by atoms with Crippen LogP contribution in [-0.4, -0.2) is 65.4 Å². The molecule has 1 amide bonds. The van der Waals surface area contributed by atoms with Crippen molar-refractivity contribution in [2.75, 3.05) is 39.5 Å². The molecule has 0 unspecified atom stereocenters. The number of ether oxygens (including phenoxy) is 3. The molecule has 10 nitrogen and oxygen atoms in total. The third-order valence-corrected chi connectivity index (χ3v) is 9.64. The Morgan fingerprint density at radius 1 is 0.959 bits per heavy atom. The Morgan fingerprint density at radius 3 is 2.43 bits per heavy atom. The average Bonchev–Trinajstić information content (AvgIpc) is 3.64. The van der Waals surface area contributed by atoms with Crippen molar-refractivity contribution in [3.63, 3.8) is 0 Å². The lowest BCUT2D eigenvalue weighted by atomic mass is 9.93. The number of aromatic nitrogens is 2. The second-order valence-electron chi connectivity index (χ2n) is 11.7. The van der Waals surface area contributed by atoms with E-state index in [-0.39, 0.29) is 30.2 Å². The van der Waals surface area contributed by atoms with E-state index in [2.05, 4.69) is 0 Å². The van der Waals surface area contributed by atoms with Crippen LogP contribution in [0.4, 0.5) is 0 Å².